The monoisotopic (exact) mass is 613 g/mol. The van der Waals surface area contributed by atoms with Crippen molar-refractivity contribution in [3.05, 3.63) is 126 Å². The van der Waals surface area contributed by atoms with Crippen LogP contribution in [0.3, 0.4) is 0 Å². The summed E-state index contributed by atoms with van der Waals surface area (Å²) in [6.45, 7) is 2.07. The summed E-state index contributed by atoms with van der Waals surface area (Å²) in [5, 5.41) is 13.3. The van der Waals surface area contributed by atoms with Crippen molar-refractivity contribution < 1.29 is 14.1 Å². The molecule has 0 spiro atoms. The minimum Gasteiger partial charge on any atom is -0.388 e. The van der Waals surface area contributed by atoms with Gasteiger partial charge in [-0.25, -0.2) is 4.21 Å². The van der Waals surface area contributed by atoms with Gasteiger partial charge < -0.3 is 15.3 Å². The number of carbonyl (C=O) groups is 1. The predicted octanol–water partition coefficient (Wildman–Crippen LogP) is 6.05. The van der Waals surface area contributed by atoms with Crippen LogP contribution in [0.4, 0.5) is 0 Å². The standard InChI is InChI=1S/C35H39N3O3S2/c1-37(24-22-33(39)30-15-9-4-10-16-30)23-21-32(29-13-7-3-8-14-29)36-34(40)35-38(25-26-42-35)43(41)31-19-17-28(18-20-31)27-11-5-2-6-12-27/h2-20,32-33,35,39H,21-26H2,1H3,(H,36,40). The number of thioether (sulfide) groups is 1. The van der Waals surface area contributed by atoms with Gasteiger partial charge in [0.15, 0.2) is 0 Å². The molecule has 43 heavy (non-hydrogen) atoms. The van der Waals surface area contributed by atoms with Gasteiger partial charge >= 0.3 is 0 Å². The number of hydrogen-bond donors (Lipinski definition) is 2. The van der Waals surface area contributed by atoms with E-state index in [2.05, 4.69) is 22.3 Å². The zero-order valence-electron chi connectivity index (χ0n) is 24.4. The smallest absolute Gasteiger partial charge is 0.249 e. The molecule has 4 aromatic carbocycles. The first-order valence-electron chi connectivity index (χ1n) is 14.7. The van der Waals surface area contributed by atoms with Crippen molar-refractivity contribution in [3.8, 4) is 11.1 Å². The van der Waals surface area contributed by atoms with Gasteiger partial charge in [0, 0.05) is 25.4 Å². The van der Waals surface area contributed by atoms with Crippen LogP contribution in [0.5, 0.6) is 0 Å². The SMILES string of the molecule is CN(CCC(O)c1ccccc1)CCC(NC(=O)C1SCCN1S(=O)c1ccc(-c2ccccc2)cc1)c1ccccc1. The topological polar surface area (TPSA) is 72.9 Å². The third-order valence-corrected chi connectivity index (χ3v) is 10.6. The minimum absolute atomic E-state index is 0.118. The van der Waals surface area contributed by atoms with Crippen molar-refractivity contribution in [3.63, 3.8) is 0 Å². The third kappa shape index (κ3) is 8.43. The summed E-state index contributed by atoms with van der Waals surface area (Å²) in [7, 11) is 0.596. The van der Waals surface area contributed by atoms with Crippen molar-refractivity contribution in [2.24, 2.45) is 0 Å². The Labute approximate surface area is 261 Å². The predicted molar refractivity (Wildman–Crippen MR) is 177 cm³/mol. The van der Waals surface area contributed by atoms with Crippen molar-refractivity contribution >= 4 is 28.7 Å². The van der Waals surface area contributed by atoms with E-state index >= 15 is 0 Å². The van der Waals surface area contributed by atoms with E-state index in [1.165, 1.54) is 11.8 Å². The second kappa shape index (κ2) is 15.5. The lowest BCUT2D eigenvalue weighted by Gasteiger charge is -2.27. The van der Waals surface area contributed by atoms with Gasteiger partial charge in [-0.2, -0.15) is 4.31 Å². The Bertz CT molecular complexity index is 1460. The largest absolute Gasteiger partial charge is 0.388 e. The highest BCUT2D eigenvalue weighted by Gasteiger charge is 2.36. The Morgan fingerprint density at radius 3 is 2.07 bits per heavy atom. The second-order valence-corrected chi connectivity index (χ2v) is 13.4. The number of aliphatic hydroxyl groups excluding tert-OH is 1. The molecular weight excluding hydrogens is 575 g/mol. The van der Waals surface area contributed by atoms with E-state index in [1.54, 1.807) is 4.31 Å². The van der Waals surface area contributed by atoms with E-state index in [9.17, 15) is 14.1 Å². The van der Waals surface area contributed by atoms with Crippen LogP contribution < -0.4 is 5.32 Å². The van der Waals surface area contributed by atoms with Crippen LogP contribution in [0.15, 0.2) is 120 Å². The first kappa shape index (κ1) is 31.2. The number of amides is 1. The van der Waals surface area contributed by atoms with E-state index in [1.807, 2.05) is 110 Å². The summed E-state index contributed by atoms with van der Waals surface area (Å²) in [6, 6.07) is 37.4. The van der Waals surface area contributed by atoms with Crippen molar-refractivity contribution in [1.29, 1.82) is 0 Å². The number of nitrogens with zero attached hydrogens (tertiary/aromatic N) is 2. The molecule has 1 heterocycles. The Hall–Kier alpha value is -3.27. The van der Waals surface area contributed by atoms with Gasteiger partial charge in [0.2, 0.25) is 5.91 Å². The lowest BCUT2D eigenvalue weighted by Crippen LogP contribution is -2.44. The van der Waals surface area contributed by atoms with Gasteiger partial charge in [-0.3, -0.25) is 4.79 Å². The maximum atomic E-state index is 13.7. The quantitative estimate of drug-likeness (QED) is 0.192. The number of nitrogens with one attached hydrogen (secondary N) is 1. The average Bonchev–Trinajstić information content (AvgIpc) is 3.57. The lowest BCUT2D eigenvalue weighted by molar-refractivity contribution is -0.122. The Morgan fingerprint density at radius 2 is 1.42 bits per heavy atom. The molecule has 0 radical (unpaired) electrons. The number of aliphatic hydroxyl groups is 1. The molecule has 0 saturated carbocycles. The molecule has 5 rings (SSSR count). The molecule has 4 unspecified atom stereocenters. The highest BCUT2D eigenvalue weighted by molar-refractivity contribution is 8.01. The van der Waals surface area contributed by atoms with E-state index in [0.717, 1.165) is 47.5 Å². The van der Waals surface area contributed by atoms with Crippen LogP contribution in [0, 0.1) is 0 Å². The van der Waals surface area contributed by atoms with Crippen LogP contribution in [-0.4, -0.2) is 62.2 Å². The molecule has 224 valence electrons. The summed E-state index contributed by atoms with van der Waals surface area (Å²) in [5.41, 5.74) is 4.14. The van der Waals surface area contributed by atoms with Gasteiger partial charge in [-0.15, -0.1) is 11.8 Å². The van der Waals surface area contributed by atoms with Gasteiger partial charge in [-0.1, -0.05) is 103 Å². The van der Waals surface area contributed by atoms with Gasteiger partial charge in [0.25, 0.3) is 0 Å². The average molecular weight is 614 g/mol. The van der Waals surface area contributed by atoms with Crippen LogP contribution >= 0.6 is 11.8 Å². The molecule has 1 aliphatic rings. The summed E-state index contributed by atoms with van der Waals surface area (Å²) in [5.74, 6) is 0.627. The van der Waals surface area contributed by atoms with Gasteiger partial charge in [0.05, 0.1) is 17.0 Å². The van der Waals surface area contributed by atoms with Crippen molar-refractivity contribution in [1.82, 2.24) is 14.5 Å². The van der Waals surface area contributed by atoms with E-state index < -0.39 is 22.5 Å². The van der Waals surface area contributed by atoms with Crippen molar-refractivity contribution in [2.75, 3.05) is 32.4 Å². The highest BCUT2D eigenvalue weighted by Crippen LogP contribution is 2.30. The molecule has 6 nitrogen and oxygen atoms in total. The molecule has 2 N–H and O–H groups in total. The molecule has 0 aromatic heterocycles. The van der Waals surface area contributed by atoms with Crippen LogP contribution in [0.2, 0.25) is 0 Å². The van der Waals surface area contributed by atoms with E-state index in [-0.39, 0.29) is 11.9 Å². The summed E-state index contributed by atoms with van der Waals surface area (Å²) >= 11 is 1.54. The molecular formula is C35H39N3O3S2. The maximum absolute atomic E-state index is 13.7. The highest BCUT2D eigenvalue weighted by atomic mass is 32.2. The molecule has 0 bridgehead atoms. The fourth-order valence-electron chi connectivity index (χ4n) is 5.26. The van der Waals surface area contributed by atoms with Crippen LogP contribution in [-0.2, 0) is 15.8 Å². The number of carbonyl (C=O) groups excluding carboxylic acids is 1. The second-order valence-electron chi connectivity index (χ2n) is 10.8. The third-order valence-electron chi connectivity index (χ3n) is 7.74. The molecule has 1 aliphatic heterocycles. The molecule has 4 aromatic rings. The lowest BCUT2D eigenvalue weighted by atomic mass is 10.0. The zero-order chi connectivity index (χ0) is 30.0. The first-order chi connectivity index (χ1) is 21.0. The molecule has 1 amide bonds. The Balaban J connectivity index is 1.20. The fraction of sp³-hybridized carbons (Fsp3) is 0.286. The minimum atomic E-state index is -1.45. The molecule has 1 saturated heterocycles. The molecule has 1 fully saturated rings. The summed E-state index contributed by atoms with van der Waals surface area (Å²) in [4.78, 5) is 16.6. The van der Waals surface area contributed by atoms with Gasteiger partial charge in [0.1, 0.15) is 16.4 Å². The normalized spacial score (nSPS) is 17.4. The molecule has 0 aliphatic carbocycles. The first-order valence-corrected chi connectivity index (χ1v) is 16.9. The summed E-state index contributed by atoms with van der Waals surface area (Å²) in [6.07, 6.45) is 0.845. The maximum Gasteiger partial charge on any atom is 0.249 e. The number of hydrogen-bond acceptors (Lipinski definition) is 5. The zero-order valence-corrected chi connectivity index (χ0v) is 26.1. The molecule has 8 heteroatoms. The van der Waals surface area contributed by atoms with Crippen molar-refractivity contribution in [2.45, 2.75) is 35.3 Å². The summed E-state index contributed by atoms with van der Waals surface area (Å²) < 4.78 is 15.4. The molecule has 4 atom stereocenters. The number of benzene rings is 4. The Morgan fingerprint density at radius 1 is 0.860 bits per heavy atom. The van der Waals surface area contributed by atoms with E-state index in [0.29, 0.717) is 17.9 Å². The fourth-order valence-corrected chi connectivity index (χ4v) is 7.97. The van der Waals surface area contributed by atoms with E-state index in [4.69, 9.17) is 0 Å². The Kier molecular flexibility index (Phi) is 11.2. The van der Waals surface area contributed by atoms with Gasteiger partial charge in [-0.05, 0) is 54.3 Å². The van der Waals surface area contributed by atoms with Crippen LogP contribution in [0.25, 0.3) is 11.1 Å². The number of rotatable bonds is 13. The van der Waals surface area contributed by atoms with Crippen LogP contribution in [0.1, 0.15) is 36.1 Å².